The summed E-state index contributed by atoms with van der Waals surface area (Å²) in [6, 6.07) is 7.67. The minimum absolute atomic E-state index is 0.0950. The second kappa shape index (κ2) is 4.77. The summed E-state index contributed by atoms with van der Waals surface area (Å²) >= 11 is 9.08. The van der Waals surface area contributed by atoms with Gasteiger partial charge in [-0.25, -0.2) is 0 Å². The quantitative estimate of drug-likeness (QED) is 0.762. The lowest BCUT2D eigenvalue weighted by atomic mass is 10.0. The van der Waals surface area contributed by atoms with Crippen molar-refractivity contribution in [2.75, 3.05) is 0 Å². The van der Waals surface area contributed by atoms with Crippen molar-refractivity contribution in [1.29, 1.82) is 0 Å². The van der Waals surface area contributed by atoms with Gasteiger partial charge in [0, 0.05) is 5.88 Å². The SMILES string of the molecule is CC(=O)C(Br)c1ccccc1CCl. The number of alkyl halides is 2. The van der Waals surface area contributed by atoms with E-state index in [0.29, 0.717) is 5.88 Å². The number of rotatable bonds is 3. The van der Waals surface area contributed by atoms with Crippen molar-refractivity contribution in [1.82, 2.24) is 0 Å². The van der Waals surface area contributed by atoms with E-state index in [1.807, 2.05) is 24.3 Å². The van der Waals surface area contributed by atoms with Crippen LogP contribution < -0.4 is 0 Å². The zero-order chi connectivity index (χ0) is 9.84. The van der Waals surface area contributed by atoms with Crippen molar-refractivity contribution >= 4 is 33.3 Å². The average molecular weight is 262 g/mol. The summed E-state index contributed by atoms with van der Waals surface area (Å²) < 4.78 is 0. The first kappa shape index (κ1) is 10.7. The molecule has 0 radical (unpaired) electrons. The molecule has 0 heterocycles. The van der Waals surface area contributed by atoms with Crippen LogP contribution in [0.1, 0.15) is 22.9 Å². The number of benzene rings is 1. The van der Waals surface area contributed by atoms with E-state index in [1.54, 1.807) is 6.92 Å². The maximum Gasteiger partial charge on any atom is 0.147 e. The Hall–Kier alpha value is -0.340. The predicted molar refractivity (Wildman–Crippen MR) is 58.3 cm³/mol. The van der Waals surface area contributed by atoms with Gasteiger partial charge in [0.15, 0.2) is 0 Å². The van der Waals surface area contributed by atoms with Crippen LogP contribution >= 0.6 is 27.5 Å². The van der Waals surface area contributed by atoms with Crippen molar-refractivity contribution in [2.45, 2.75) is 17.6 Å². The zero-order valence-electron chi connectivity index (χ0n) is 7.26. The van der Waals surface area contributed by atoms with E-state index < -0.39 is 0 Å². The molecule has 0 fully saturated rings. The average Bonchev–Trinajstić information content (AvgIpc) is 2.16. The first-order chi connectivity index (χ1) is 6.16. The number of carbonyl (C=O) groups excluding carboxylic acids is 1. The molecule has 1 aromatic carbocycles. The normalized spacial score (nSPS) is 12.5. The van der Waals surface area contributed by atoms with Crippen LogP contribution in [0.15, 0.2) is 24.3 Å². The van der Waals surface area contributed by atoms with E-state index in [-0.39, 0.29) is 10.6 Å². The summed E-state index contributed by atoms with van der Waals surface area (Å²) in [7, 11) is 0. The van der Waals surface area contributed by atoms with Crippen molar-refractivity contribution in [3.8, 4) is 0 Å². The van der Waals surface area contributed by atoms with Gasteiger partial charge in [0.25, 0.3) is 0 Å². The third-order valence-corrected chi connectivity index (χ3v) is 3.25. The molecule has 1 nitrogen and oxygen atoms in total. The topological polar surface area (TPSA) is 17.1 Å². The van der Waals surface area contributed by atoms with Gasteiger partial charge in [-0.2, -0.15) is 0 Å². The zero-order valence-corrected chi connectivity index (χ0v) is 9.60. The van der Waals surface area contributed by atoms with Gasteiger partial charge >= 0.3 is 0 Å². The minimum Gasteiger partial charge on any atom is -0.298 e. The van der Waals surface area contributed by atoms with Crippen LogP contribution in [0.5, 0.6) is 0 Å². The van der Waals surface area contributed by atoms with Gasteiger partial charge in [0.1, 0.15) is 5.78 Å². The molecule has 70 valence electrons. The van der Waals surface area contributed by atoms with Crippen LogP contribution in [-0.4, -0.2) is 5.78 Å². The third-order valence-electron chi connectivity index (χ3n) is 1.83. The summed E-state index contributed by atoms with van der Waals surface area (Å²) in [5, 5.41) is 0. The molecule has 0 N–H and O–H groups in total. The van der Waals surface area contributed by atoms with Gasteiger partial charge in [-0.05, 0) is 18.1 Å². The molecule has 1 aromatic rings. The molecule has 0 bridgehead atoms. The van der Waals surface area contributed by atoms with E-state index in [4.69, 9.17) is 11.6 Å². The van der Waals surface area contributed by atoms with E-state index in [0.717, 1.165) is 11.1 Å². The smallest absolute Gasteiger partial charge is 0.147 e. The molecule has 0 aliphatic carbocycles. The molecule has 1 rings (SSSR count). The molecule has 0 amide bonds. The monoisotopic (exact) mass is 260 g/mol. The van der Waals surface area contributed by atoms with Crippen LogP contribution in [-0.2, 0) is 10.7 Å². The number of hydrogen-bond acceptors (Lipinski definition) is 1. The number of ketones is 1. The van der Waals surface area contributed by atoms with Crippen molar-refractivity contribution in [2.24, 2.45) is 0 Å². The summed E-state index contributed by atoms with van der Waals surface area (Å²) in [6.45, 7) is 1.56. The lowest BCUT2D eigenvalue weighted by Gasteiger charge is -2.10. The van der Waals surface area contributed by atoms with Gasteiger partial charge in [0.2, 0.25) is 0 Å². The second-order valence-corrected chi connectivity index (χ2v) is 3.99. The van der Waals surface area contributed by atoms with Crippen LogP contribution in [0.4, 0.5) is 0 Å². The van der Waals surface area contributed by atoms with E-state index >= 15 is 0 Å². The fraction of sp³-hybridized carbons (Fsp3) is 0.300. The molecule has 1 unspecified atom stereocenters. The second-order valence-electron chi connectivity index (χ2n) is 2.81. The molecule has 13 heavy (non-hydrogen) atoms. The predicted octanol–water partition coefficient (Wildman–Crippen LogP) is 3.45. The maximum atomic E-state index is 11.1. The van der Waals surface area contributed by atoms with E-state index in [9.17, 15) is 4.79 Å². The third kappa shape index (κ3) is 2.55. The number of carbonyl (C=O) groups is 1. The van der Waals surface area contributed by atoms with Crippen molar-refractivity contribution in [3.63, 3.8) is 0 Å². The number of hydrogen-bond donors (Lipinski definition) is 0. The molecule has 0 spiro atoms. The number of halogens is 2. The Morgan fingerprint density at radius 1 is 1.54 bits per heavy atom. The maximum absolute atomic E-state index is 11.1. The minimum atomic E-state index is -0.234. The lowest BCUT2D eigenvalue weighted by Crippen LogP contribution is -2.03. The Kier molecular flexibility index (Phi) is 3.94. The largest absolute Gasteiger partial charge is 0.298 e. The van der Waals surface area contributed by atoms with Crippen LogP contribution in [0.2, 0.25) is 0 Å². The molecular formula is C10H10BrClO. The molecular weight excluding hydrogens is 251 g/mol. The standard InChI is InChI=1S/C10H10BrClO/c1-7(13)10(11)9-5-3-2-4-8(9)6-12/h2-5,10H,6H2,1H3. The molecule has 0 aliphatic rings. The summed E-state index contributed by atoms with van der Waals surface area (Å²) in [5.74, 6) is 0.531. The number of Topliss-reactive ketones (excluding diaryl/α,β-unsaturated/α-hetero) is 1. The van der Waals surface area contributed by atoms with Crippen LogP contribution in [0.3, 0.4) is 0 Å². The van der Waals surface area contributed by atoms with E-state index in [2.05, 4.69) is 15.9 Å². The summed E-state index contributed by atoms with van der Waals surface area (Å²) in [4.78, 5) is 10.9. The first-order valence-corrected chi connectivity index (χ1v) is 5.40. The Morgan fingerprint density at radius 2 is 2.15 bits per heavy atom. The molecule has 3 heteroatoms. The highest BCUT2D eigenvalue weighted by Crippen LogP contribution is 2.27. The Labute approximate surface area is 91.2 Å². The van der Waals surface area contributed by atoms with Gasteiger partial charge in [0.05, 0.1) is 4.83 Å². The molecule has 0 aliphatic heterocycles. The highest BCUT2D eigenvalue weighted by Gasteiger charge is 2.14. The fourth-order valence-corrected chi connectivity index (χ4v) is 1.81. The first-order valence-electron chi connectivity index (χ1n) is 3.95. The van der Waals surface area contributed by atoms with Gasteiger partial charge in [-0.1, -0.05) is 40.2 Å². The van der Waals surface area contributed by atoms with Gasteiger partial charge < -0.3 is 0 Å². The van der Waals surface area contributed by atoms with Crippen LogP contribution in [0.25, 0.3) is 0 Å². The Balaban J connectivity index is 3.05. The van der Waals surface area contributed by atoms with Crippen molar-refractivity contribution < 1.29 is 4.79 Å². The Bertz CT molecular complexity index is 312. The van der Waals surface area contributed by atoms with Crippen molar-refractivity contribution in [3.05, 3.63) is 35.4 Å². The molecule has 0 saturated carbocycles. The fourth-order valence-electron chi connectivity index (χ4n) is 1.12. The highest BCUT2D eigenvalue weighted by atomic mass is 79.9. The summed E-state index contributed by atoms with van der Waals surface area (Å²) in [6.07, 6.45) is 0. The molecule has 1 atom stereocenters. The van der Waals surface area contributed by atoms with Gasteiger partial charge in [-0.15, -0.1) is 11.6 Å². The molecule has 0 aromatic heterocycles. The van der Waals surface area contributed by atoms with E-state index in [1.165, 1.54) is 0 Å². The molecule has 0 saturated heterocycles. The van der Waals surface area contributed by atoms with Crippen LogP contribution in [0, 0.1) is 0 Å². The Morgan fingerprint density at radius 3 is 2.69 bits per heavy atom. The van der Waals surface area contributed by atoms with Gasteiger partial charge in [-0.3, -0.25) is 4.79 Å². The summed E-state index contributed by atoms with van der Waals surface area (Å²) in [5.41, 5.74) is 1.96. The lowest BCUT2D eigenvalue weighted by molar-refractivity contribution is -0.116. The highest BCUT2D eigenvalue weighted by molar-refractivity contribution is 9.09.